The van der Waals surface area contributed by atoms with Crippen molar-refractivity contribution in [2.75, 3.05) is 25.6 Å². The lowest BCUT2D eigenvalue weighted by atomic mass is 10.2. The van der Waals surface area contributed by atoms with Crippen LogP contribution in [0.25, 0.3) is 0 Å². The van der Waals surface area contributed by atoms with Crippen LogP contribution in [0.5, 0.6) is 5.75 Å². The number of rotatable bonds is 5. The van der Waals surface area contributed by atoms with Crippen molar-refractivity contribution in [3.63, 3.8) is 0 Å². The van der Waals surface area contributed by atoms with Gasteiger partial charge in [0.25, 0.3) is 11.8 Å². The number of nitrogens with zero attached hydrogens (tertiary/aromatic N) is 1. The number of hydrogen-bond acceptors (Lipinski definition) is 4. The van der Waals surface area contributed by atoms with Crippen LogP contribution in [-0.2, 0) is 4.79 Å². The molecule has 0 saturated heterocycles. The van der Waals surface area contributed by atoms with Gasteiger partial charge in [0.15, 0.2) is 6.61 Å². The zero-order chi connectivity index (χ0) is 17.5. The van der Waals surface area contributed by atoms with Crippen molar-refractivity contribution in [1.82, 2.24) is 10.9 Å². The fraction of sp³-hybridized carbons (Fsp3) is 0.176. The molecule has 2 aromatic carbocycles. The first-order valence-corrected chi connectivity index (χ1v) is 7.58. The molecule has 0 radical (unpaired) electrons. The number of carbonyl (C=O) groups excluding carboxylic acids is 2. The van der Waals surface area contributed by atoms with Gasteiger partial charge in [0.1, 0.15) is 5.75 Å². The van der Waals surface area contributed by atoms with Gasteiger partial charge in [-0.2, -0.15) is 0 Å². The summed E-state index contributed by atoms with van der Waals surface area (Å²) < 4.78 is 5.28. The van der Waals surface area contributed by atoms with Crippen LogP contribution in [0.1, 0.15) is 10.4 Å². The van der Waals surface area contributed by atoms with E-state index in [0.717, 1.165) is 5.69 Å². The highest BCUT2D eigenvalue weighted by Crippen LogP contribution is 2.15. The molecule has 2 aromatic rings. The predicted octanol–water partition coefficient (Wildman–Crippen LogP) is 2.25. The first kappa shape index (κ1) is 17.6. The van der Waals surface area contributed by atoms with Gasteiger partial charge in [-0.05, 0) is 42.5 Å². The summed E-state index contributed by atoms with van der Waals surface area (Å²) in [7, 11) is 3.76. The molecule has 6 nitrogen and oxygen atoms in total. The standard InChI is InChI=1S/C17H18ClN3O3/c1-21(2)14-5-3-4-12(10-14)17(23)20-19-16(22)11-24-15-8-6-13(18)7-9-15/h3-10H,11H2,1-2H3,(H,19,22)(H,20,23). The van der Waals surface area contributed by atoms with Crippen molar-refractivity contribution < 1.29 is 14.3 Å². The Bertz CT molecular complexity index is 717. The highest BCUT2D eigenvalue weighted by atomic mass is 35.5. The Morgan fingerprint density at radius 2 is 1.79 bits per heavy atom. The summed E-state index contributed by atoms with van der Waals surface area (Å²) in [5.41, 5.74) is 5.99. The Hall–Kier alpha value is -2.73. The van der Waals surface area contributed by atoms with Gasteiger partial charge >= 0.3 is 0 Å². The molecule has 0 atom stereocenters. The van der Waals surface area contributed by atoms with Crippen LogP contribution in [0.2, 0.25) is 5.02 Å². The summed E-state index contributed by atoms with van der Waals surface area (Å²) in [6.45, 7) is -0.223. The zero-order valence-electron chi connectivity index (χ0n) is 13.4. The Balaban J connectivity index is 1.81. The molecule has 0 aliphatic heterocycles. The number of amides is 2. The van der Waals surface area contributed by atoms with Crippen LogP contribution in [-0.4, -0.2) is 32.5 Å². The van der Waals surface area contributed by atoms with Gasteiger partial charge in [-0.15, -0.1) is 0 Å². The number of carbonyl (C=O) groups is 2. The molecule has 126 valence electrons. The summed E-state index contributed by atoms with van der Waals surface area (Å²) >= 11 is 5.76. The molecule has 0 saturated carbocycles. The third-order valence-corrected chi connectivity index (χ3v) is 3.38. The fourth-order valence-electron chi connectivity index (χ4n) is 1.84. The van der Waals surface area contributed by atoms with Gasteiger partial charge in [0, 0.05) is 30.4 Å². The highest BCUT2D eigenvalue weighted by molar-refractivity contribution is 6.30. The van der Waals surface area contributed by atoms with E-state index in [1.165, 1.54) is 0 Å². The maximum Gasteiger partial charge on any atom is 0.276 e. The van der Waals surface area contributed by atoms with Crippen molar-refractivity contribution in [2.24, 2.45) is 0 Å². The summed E-state index contributed by atoms with van der Waals surface area (Å²) in [5.74, 6) is -0.361. The molecule has 2 amide bonds. The normalized spacial score (nSPS) is 9.96. The van der Waals surface area contributed by atoms with Crippen molar-refractivity contribution in [3.8, 4) is 5.75 Å². The average molecular weight is 348 g/mol. The maximum absolute atomic E-state index is 12.0. The Morgan fingerprint density at radius 1 is 1.08 bits per heavy atom. The number of hydrogen-bond donors (Lipinski definition) is 2. The quantitative estimate of drug-likeness (QED) is 0.814. The molecule has 0 aliphatic rings. The lowest BCUT2D eigenvalue weighted by Crippen LogP contribution is -2.43. The molecule has 24 heavy (non-hydrogen) atoms. The lowest BCUT2D eigenvalue weighted by Gasteiger charge is -2.13. The van der Waals surface area contributed by atoms with E-state index in [1.807, 2.05) is 25.1 Å². The van der Waals surface area contributed by atoms with E-state index >= 15 is 0 Å². The number of benzene rings is 2. The van der Waals surface area contributed by atoms with E-state index < -0.39 is 11.8 Å². The second kappa shape index (κ2) is 8.21. The predicted molar refractivity (Wildman–Crippen MR) is 93.3 cm³/mol. The molecule has 2 N–H and O–H groups in total. The van der Waals surface area contributed by atoms with Gasteiger partial charge in [0.05, 0.1) is 0 Å². The van der Waals surface area contributed by atoms with Crippen molar-refractivity contribution in [3.05, 3.63) is 59.1 Å². The first-order chi connectivity index (χ1) is 11.5. The number of halogens is 1. The molecule has 0 unspecified atom stereocenters. The third kappa shape index (κ3) is 5.17. The summed E-state index contributed by atoms with van der Waals surface area (Å²) in [5, 5.41) is 0.582. The van der Waals surface area contributed by atoms with E-state index in [9.17, 15) is 9.59 Å². The monoisotopic (exact) mass is 347 g/mol. The SMILES string of the molecule is CN(C)c1cccc(C(=O)NNC(=O)COc2ccc(Cl)cc2)c1. The second-order valence-corrected chi connectivity index (χ2v) is 5.63. The number of anilines is 1. The lowest BCUT2D eigenvalue weighted by molar-refractivity contribution is -0.123. The smallest absolute Gasteiger partial charge is 0.276 e. The minimum absolute atomic E-state index is 0.223. The Labute approximate surface area is 145 Å². The number of hydrazine groups is 1. The zero-order valence-corrected chi connectivity index (χ0v) is 14.1. The molecule has 0 spiro atoms. The molecule has 0 fully saturated rings. The number of nitrogens with one attached hydrogen (secondary N) is 2. The van der Waals surface area contributed by atoms with Gasteiger partial charge in [-0.3, -0.25) is 20.4 Å². The van der Waals surface area contributed by atoms with Crippen LogP contribution in [0, 0.1) is 0 Å². The fourth-order valence-corrected chi connectivity index (χ4v) is 1.97. The van der Waals surface area contributed by atoms with Gasteiger partial charge in [0.2, 0.25) is 0 Å². The van der Waals surface area contributed by atoms with E-state index in [1.54, 1.807) is 42.5 Å². The Morgan fingerprint density at radius 3 is 2.46 bits per heavy atom. The van der Waals surface area contributed by atoms with Crippen molar-refractivity contribution in [1.29, 1.82) is 0 Å². The molecular weight excluding hydrogens is 330 g/mol. The maximum atomic E-state index is 12.0. The van der Waals surface area contributed by atoms with Gasteiger partial charge < -0.3 is 9.64 Å². The average Bonchev–Trinajstić information content (AvgIpc) is 2.59. The van der Waals surface area contributed by atoms with Gasteiger partial charge in [-0.1, -0.05) is 17.7 Å². The molecular formula is C17H18ClN3O3. The minimum Gasteiger partial charge on any atom is -0.484 e. The highest BCUT2D eigenvalue weighted by Gasteiger charge is 2.09. The van der Waals surface area contributed by atoms with Crippen molar-refractivity contribution >= 4 is 29.1 Å². The van der Waals surface area contributed by atoms with E-state index in [-0.39, 0.29) is 6.61 Å². The van der Waals surface area contributed by atoms with Crippen LogP contribution in [0.15, 0.2) is 48.5 Å². The molecule has 2 rings (SSSR count). The minimum atomic E-state index is -0.470. The molecule has 0 aliphatic carbocycles. The van der Waals surface area contributed by atoms with Crippen LogP contribution in [0.3, 0.4) is 0 Å². The number of ether oxygens (including phenoxy) is 1. The van der Waals surface area contributed by atoms with Crippen LogP contribution < -0.4 is 20.5 Å². The van der Waals surface area contributed by atoms with Gasteiger partial charge in [-0.25, -0.2) is 0 Å². The Kier molecular flexibility index (Phi) is 6.03. The van der Waals surface area contributed by atoms with E-state index in [0.29, 0.717) is 16.3 Å². The molecule has 0 bridgehead atoms. The van der Waals surface area contributed by atoms with Crippen molar-refractivity contribution in [2.45, 2.75) is 0 Å². The molecule has 0 heterocycles. The largest absolute Gasteiger partial charge is 0.484 e. The summed E-state index contributed by atoms with van der Waals surface area (Å²) in [6, 6.07) is 13.7. The first-order valence-electron chi connectivity index (χ1n) is 7.20. The molecule has 0 aromatic heterocycles. The summed E-state index contributed by atoms with van der Waals surface area (Å²) in [6.07, 6.45) is 0. The van der Waals surface area contributed by atoms with Crippen LogP contribution >= 0.6 is 11.6 Å². The van der Waals surface area contributed by atoms with E-state index in [2.05, 4.69) is 10.9 Å². The molecule has 7 heteroatoms. The van der Waals surface area contributed by atoms with Crippen LogP contribution in [0.4, 0.5) is 5.69 Å². The topological polar surface area (TPSA) is 70.7 Å². The summed E-state index contributed by atoms with van der Waals surface area (Å²) in [4.78, 5) is 25.6. The second-order valence-electron chi connectivity index (χ2n) is 5.19. The third-order valence-electron chi connectivity index (χ3n) is 3.12. The van der Waals surface area contributed by atoms with E-state index in [4.69, 9.17) is 16.3 Å².